The molecule has 2 rings (SSSR count). The number of nitrogens with one attached hydrogen (secondary N) is 1. The van der Waals surface area contributed by atoms with Crippen molar-refractivity contribution in [3.8, 4) is 5.75 Å². The van der Waals surface area contributed by atoms with Crippen molar-refractivity contribution in [3.63, 3.8) is 0 Å². The molecule has 1 aromatic rings. The van der Waals surface area contributed by atoms with E-state index in [2.05, 4.69) is 10.1 Å². The first-order valence-corrected chi connectivity index (χ1v) is 5.11. The van der Waals surface area contributed by atoms with Crippen LogP contribution in [0.25, 0.3) is 0 Å². The van der Waals surface area contributed by atoms with Gasteiger partial charge >= 0.3 is 6.36 Å². The summed E-state index contributed by atoms with van der Waals surface area (Å²) in [4.78, 5) is 0. The first-order valence-electron chi connectivity index (χ1n) is 5.11. The second-order valence-corrected chi connectivity index (χ2v) is 3.81. The Labute approximate surface area is 91.4 Å². The number of benzene rings is 1. The van der Waals surface area contributed by atoms with Crippen LogP contribution in [0, 0.1) is 0 Å². The van der Waals surface area contributed by atoms with E-state index in [-0.39, 0.29) is 11.7 Å². The summed E-state index contributed by atoms with van der Waals surface area (Å²) < 4.78 is 39.9. The van der Waals surface area contributed by atoms with Gasteiger partial charge < -0.3 is 10.1 Å². The molecule has 1 aromatic carbocycles. The zero-order chi connectivity index (χ0) is 11.6. The highest BCUT2D eigenvalue weighted by atomic mass is 19.4. The minimum atomic E-state index is -4.62. The van der Waals surface area contributed by atoms with Crippen molar-refractivity contribution in [3.05, 3.63) is 29.8 Å². The van der Waals surface area contributed by atoms with Gasteiger partial charge in [-0.1, -0.05) is 12.1 Å². The molecule has 1 aliphatic rings. The summed E-state index contributed by atoms with van der Waals surface area (Å²) in [5.74, 6) is 0.147. The lowest BCUT2D eigenvalue weighted by Crippen LogP contribution is -2.17. The van der Waals surface area contributed by atoms with Gasteiger partial charge in [0.2, 0.25) is 0 Å². The third kappa shape index (κ3) is 2.88. The first-order chi connectivity index (χ1) is 7.54. The van der Waals surface area contributed by atoms with Gasteiger partial charge in [0.25, 0.3) is 0 Å². The second kappa shape index (κ2) is 4.33. The normalized spacial score (nSPS) is 21.1. The van der Waals surface area contributed by atoms with Gasteiger partial charge in [0, 0.05) is 6.54 Å². The number of ether oxygens (including phenoxy) is 1. The third-order valence-corrected chi connectivity index (χ3v) is 2.62. The molecular weight excluding hydrogens is 219 g/mol. The standard InChI is InChI=1S/C11H12F3NO/c12-11(13,14)16-10-3-1-2-8(6-10)9-4-5-15-7-9/h1-3,6,9,15H,4-5,7H2. The Morgan fingerprint density at radius 1 is 1.31 bits per heavy atom. The Bertz CT molecular complexity index is 358. The number of hydrogen-bond acceptors (Lipinski definition) is 2. The molecule has 0 aliphatic carbocycles. The van der Waals surface area contributed by atoms with E-state index in [1.165, 1.54) is 12.1 Å². The molecule has 1 saturated heterocycles. The van der Waals surface area contributed by atoms with E-state index < -0.39 is 6.36 Å². The summed E-state index contributed by atoms with van der Waals surface area (Å²) in [7, 11) is 0. The maximum atomic E-state index is 12.0. The zero-order valence-electron chi connectivity index (χ0n) is 8.55. The Morgan fingerprint density at radius 2 is 2.12 bits per heavy atom. The van der Waals surface area contributed by atoms with Crippen molar-refractivity contribution in [1.82, 2.24) is 5.32 Å². The van der Waals surface area contributed by atoms with Crippen LogP contribution in [0.3, 0.4) is 0 Å². The van der Waals surface area contributed by atoms with Crippen LogP contribution in [-0.4, -0.2) is 19.5 Å². The highest BCUT2D eigenvalue weighted by Crippen LogP contribution is 2.28. The molecule has 1 unspecified atom stereocenters. The van der Waals surface area contributed by atoms with Crippen molar-refractivity contribution in [2.75, 3.05) is 13.1 Å². The van der Waals surface area contributed by atoms with Crippen molar-refractivity contribution in [2.45, 2.75) is 18.7 Å². The maximum absolute atomic E-state index is 12.0. The molecule has 0 amide bonds. The van der Waals surface area contributed by atoms with E-state index in [9.17, 15) is 13.2 Å². The van der Waals surface area contributed by atoms with Crippen LogP contribution in [0.1, 0.15) is 17.9 Å². The van der Waals surface area contributed by atoms with Gasteiger partial charge in [-0.05, 0) is 36.6 Å². The van der Waals surface area contributed by atoms with E-state index in [0.717, 1.165) is 25.1 Å². The summed E-state index contributed by atoms with van der Waals surface area (Å²) in [6.07, 6.45) is -3.66. The van der Waals surface area contributed by atoms with Crippen molar-refractivity contribution in [1.29, 1.82) is 0 Å². The fraction of sp³-hybridized carbons (Fsp3) is 0.455. The number of alkyl halides is 3. The van der Waals surface area contributed by atoms with Gasteiger partial charge in [0.15, 0.2) is 0 Å². The SMILES string of the molecule is FC(F)(F)Oc1cccc(C2CCNC2)c1. The maximum Gasteiger partial charge on any atom is 0.573 e. The Balaban J connectivity index is 2.12. The summed E-state index contributed by atoms with van der Waals surface area (Å²) in [6, 6.07) is 6.21. The second-order valence-electron chi connectivity index (χ2n) is 3.81. The topological polar surface area (TPSA) is 21.3 Å². The van der Waals surface area contributed by atoms with Crippen molar-refractivity contribution in [2.24, 2.45) is 0 Å². The lowest BCUT2D eigenvalue weighted by Gasteiger charge is -2.12. The quantitative estimate of drug-likeness (QED) is 0.844. The molecule has 16 heavy (non-hydrogen) atoms. The molecule has 0 saturated carbocycles. The monoisotopic (exact) mass is 231 g/mol. The molecule has 1 aliphatic heterocycles. The van der Waals surface area contributed by atoms with E-state index in [1.807, 2.05) is 6.07 Å². The molecule has 1 fully saturated rings. The number of rotatable bonds is 2. The van der Waals surface area contributed by atoms with Crippen LogP contribution in [0.4, 0.5) is 13.2 Å². The van der Waals surface area contributed by atoms with Gasteiger partial charge in [-0.25, -0.2) is 0 Å². The predicted molar refractivity (Wildman–Crippen MR) is 53.4 cm³/mol. The molecule has 1 N–H and O–H groups in total. The molecule has 0 radical (unpaired) electrons. The first kappa shape index (κ1) is 11.3. The molecule has 0 bridgehead atoms. The average Bonchev–Trinajstić information content (AvgIpc) is 2.68. The van der Waals surface area contributed by atoms with Crippen LogP contribution in [0.2, 0.25) is 0 Å². The van der Waals surface area contributed by atoms with Gasteiger partial charge in [-0.2, -0.15) is 0 Å². The van der Waals surface area contributed by atoms with Crippen LogP contribution in [-0.2, 0) is 0 Å². The van der Waals surface area contributed by atoms with E-state index >= 15 is 0 Å². The average molecular weight is 231 g/mol. The molecule has 1 heterocycles. The summed E-state index contributed by atoms with van der Waals surface area (Å²) in [6.45, 7) is 1.73. The fourth-order valence-corrected chi connectivity index (χ4v) is 1.90. The highest BCUT2D eigenvalue weighted by molar-refractivity contribution is 5.31. The molecule has 1 atom stereocenters. The van der Waals surface area contributed by atoms with Gasteiger partial charge in [-0.3, -0.25) is 0 Å². The Hall–Kier alpha value is -1.23. The third-order valence-electron chi connectivity index (χ3n) is 2.62. The summed E-state index contributed by atoms with van der Waals surface area (Å²) in [5, 5.41) is 3.18. The van der Waals surface area contributed by atoms with Crippen LogP contribution in [0.15, 0.2) is 24.3 Å². The number of hydrogen-bond donors (Lipinski definition) is 1. The molecule has 0 spiro atoms. The van der Waals surface area contributed by atoms with E-state index in [1.54, 1.807) is 6.07 Å². The van der Waals surface area contributed by atoms with Crippen LogP contribution in [0.5, 0.6) is 5.75 Å². The minimum Gasteiger partial charge on any atom is -0.406 e. The smallest absolute Gasteiger partial charge is 0.406 e. The predicted octanol–water partition coefficient (Wildman–Crippen LogP) is 2.66. The molecular formula is C11H12F3NO. The summed E-state index contributed by atoms with van der Waals surface area (Å²) in [5.41, 5.74) is 0.895. The molecule has 0 aromatic heterocycles. The van der Waals surface area contributed by atoms with Gasteiger partial charge in [0.05, 0.1) is 0 Å². The van der Waals surface area contributed by atoms with Gasteiger partial charge in [0.1, 0.15) is 5.75 Å². The van der Waals surface area contributed by atoms with Crippen LogP contribution < -0.4 is 10.1 Å². The zero-order valence-corrected chi connectivity index (χ0v) is 8.55. The largest absolute Gasteiger partial charge is 0.573 e. The van der Waals surface area contributed by atoms with Crippen molar-refractivity contribution < 1.29 is 17.9 Å². The molecule has 2 nitrogen and oxygen atoms in total. The lowest BCUT2D eigenvalue weighted by atomic mass is 9.98. The summed E-state index contributed by atoms with van der Waals surface area (Å²) >= 11 is 0. The number of halogens is 3. The Morgan fingerprint density at radius 3 is 2.75 bits per heavy atom. The molecule has 5 heteroatoms. The minimum absolute atomic E-state index is 0.142. The molecule has 88 valence electrons. The Kier molecular flexibility index (Phi) is 3.05. The van der Waals surface area contributed by atoms with Crippen molar-refractivity contribution >= 4 is 0 Å². The van der Waals surface area contributed by atoms with Crippen LogP contribution >= 0.6 is 0 Å². The van der Waals surface area contributed by atoms with Gasteiger partial charge in [-0.15, -0.1) is 13.2 Å². The lowest BCUT2D eigenvalue weighted by molar-refractivity contribution is -0.274. The van der Waals surface area contributed by atoms with E-state index in [0.29, 0.717) is 0 Å². The fourth-order valence-electron chi connectivity index (χ4n) is 1.90. The van der Waals surface area contributed by atoms with E-state index in [4.69, 9.17) is 0 Å². The highest BCUT2D eigenvalue weighted by Gasteiger charge is 2.31.